The number of amides is 1. The van der Waals surface area contributed by atoms with Crippen molar-refractivity contribution in [2.75, 3.05) is 6.54 Å². The van der Waals surface area contributed by atoms with E-state index >= 15 is 0 Å². The fourth-order valence-electron chi connectivity index (χ4n) is 4.25. The highest BCUT2D eigenvalue weighted by molar-refractivity contribution is 7.89. The molecule has 3 rings (SSSR count). The zero-order valence-corrected chi connectivity index (χ0v) is 22.6. The van der Waals surface area contributed by atoms with Crippen LogP contribution in [0.2, 0.25) is 0 Å². The molecule has 0 spiro atoms. The van der Waals surface area contributed by atoms with Crippen LogP contribution >= 0.6 is 0 Å². The van der Waals surface area contributed by atoms with E-state index < -0.39 is 26.1 Å². The zero-order valence-electron chi connectivity index (χ0n) is 21.0. The van der Waals surface area contributed by atoms with Crippen LogP contribution in [-0.2, 0) is 24.8 Å². The molecule has 1 fully saturated rings. The van der Waals surface area contributed by atoms with Gasteiger partial charge in [-0.25, -0.2) is 21.6 Å². The third kappa shape index (κ3) is 8.40. The minimum atomic E-state index is -3.89. The van der Waals surface area contributed by atoms with E-state index in [0.717, 1.165) is 43.2 Å². The van der Waals surface area contributed by atoms with Crippen LogP contribution in [0.4, 0.5) is 0 Å². The van der Waals surface area contributed by atoms with Gasteiger partial charge >= 0.3 is 0 Å². The Labute approximate surface area is 215 Å². The van der Waals surface area contributed by atoms with E-state index in [-0.39, 0.29) is 34.7 Å². The van der Waals surface area contributed by atoms with Gasteiger partial charge in [0.1, 0.15) is 6.04 Å². The lowest BCUT2D eigenvalue weighted by Crippen LogP contribution is -2.50. The number of benzene rings is 2. The van der Waals surface area contributed by atoms with E-state index in [0.29, 0.717) is 12.8 Å². The number of carbonyl (C=O) groups excluding carboxylic acids is 1. The molecular formula is C26H37N3O5S2. The van der Waals surface area contributed by atoms with Gasteiger partial charge < -0.3 is 5.32 Å². The number of aryl methyl sites for hydroxylation is 2. The van der Waals surface area contributed by atoms with E-state index in [9.17, 15) is 21.6 Å². The number of sulfonamides is 2. The molecule has 0 bridgehead atoms. The van der Waals surface area contributed by atoms with Crippen LogP contribution in [0.1, 0.15) is 62.5 Å². The molecule has 0 aliphatic heterocycles. The molecule has 1 unspecified atom stereocenters. The Bertz CT molecular complexity index is 1210. The van der Waals surface area contributed by atoms with Crippen molar-refractivity contribution >= 4 is 26.0 Å². The Morgan fingerprint density at radius 3 is 1.89 bits per heavy atom. The first kappa shape index (κ1) is 28.3. The summed E-state index contributed by atoms with van der Waals surface area (Å²) < 4.78 is 56.0. The van der Waals surface area contributed by atoms with Crippen molar-refractivity contribution in [1.29, 1.82) is 0 Å². The third-order valence-electron chi connectivity index (χ3n) is 6.44. The highest BCUT2D eigenvalue weighted by Crippen LogP contribution is 2.18. The molecule has 0 aromatic heterocycles. The Morgan fingerprint density at radius 2 is 1.33 bits per heavy atom. The predicted molar refractivity (Wildman–Crippen MR) is 141 cm³/mol. The summed E-state index contributed by atoms with van der Waals surface area (Å²) in [4.78, 5) is 13.4. The van der Waals surface area contributed by atoms with E-state index in [1.54, 1.807) is 36.4 Å². The van der Waals surface area contributed by atoms with Gasteiger partial charge in [0.2, 0.25) is 26.0 Å². The SMILES string of the molecule is Cc1ccc(S(=O)(=O)NCCCCC(NS(=O)(=O)c2ccc(C)cc2)C(=O)NC2CCCCC2)cc1. The fourth-order valence-corrected chi connectivity index (χ4v) is 6.55. The minimum Gasteiger partial charge on any atom is -0.352 e. The molecule has 1 aliphatic carbocycles. The number of unbranched alkanes of at least 4 members (excludes halogenated alkanes) is 1. The topological polar surface area (TPSA) is 121 Å². The molecule has 3 N–H and O–H groups in total. The van der Waals surface area contributed by atoms with Gasteiger partial charge in [0.15, 0.2) is 0 Å². The first-order chi connectivity index (χ1) is 17.1. The van der Waals surface area contributed by atoms with Crippen LogP contribution < -0.4 is 14.8 Å². The second-order valence-electron chi connectivity index (χ2n) is 9.54. The van der Waals surface area contributed by atoms with Gasteiger partial charge in [-0.15, -0.1) is 0 Å². The smallest absolute Gasteiger partial charge is 0.241 e. The Hall–Kier alpha value is -2.27. The lowest BCUT2D eigenvalue weighted by Gasteiger charge is -2.26. The maximum absolute atomic E-state index is 13.1. The molecule has 1 aliphatic rings. The monoisotopic (exact) mass is 535 g/mol. The van der Waals surface area contributed by atoms with Crippen LogP contribution in [-0.4, -0.2) is 41.4 Å². The van der Waals surface area contributed by atoms with Crippen molar-refractivity contribution in [3.63, 3.8) is 0 Å². The summed E-state index contributed by atoms with van der Waals surface area (Å²) in [6.45, 7) is 3.95. The van der Waals surface area contributed by atoms with Crippen molar-refractivity contribution in [3.05, 3.63) is 59.7 Å². The van der Waals surface area contributed by atoms with Crippen LogP contribution in [0.25, 0.3) is 0 Å². The maximum Gasteiger partial charge on any atom is 0.241 e. The van der Waals surface area contributed by atoms with Crippen LogP contribution in [0.5, 0.6) is 0 Å². The third-order valence-corrected chi connectivity index (χ3v) is 9.40. The van der Waals surface area contributed by atoms with Gasteiger partial charge in [0.25, 0.3) is 0 Å². The number of carbonyl (C=O) groups is 1. The van der Waals surface area contributed by atoms with Gasteiger partial charge in [-0.2, -0.15) is 4.72 Å². The quantitative estimate of drug-likeness (QED) is 0.359. The van der Waals surface area contributed by atoms with Gasteiger partial charge in [0.05, 0.1) is 9.79 Å². The summed E-state index contributed by atoms with van der Waals surface area (Å²) in [7, 11) is -7.51. The summed E-state index contributed by atoms with van der Waals surface area (Å²) in [5.74, 6) is -0.335. The van der Waals surface area contributed by atoms with Gasteiger partial charge in [-0.1, -0.05) is 61.1 Å². The van der Waals surface area contributed by atoms with E-state index in [1.807, 2.05) is 13.8 Å². The predicted octanol–water partition coefficient (Wildman–Crippen LogP) is 3.55. The molecule has 0 radical (unpaired) electrons. The minimum absolute atomic E-state index is 0.0546. The van der Waals surface area contributed by atoms with E-state index in [1.165, 1.54) is 12.1 Å². The summed E-state index contributed by atoms with van der Waals surface area (Å²) in [5, 5.41) is 3.02. The lowest BCUT2D eigenvalue weighted by molar-refractivity contribution is -0.123. The number of nitrogens with one attached hydrogen (secondary N) is 3. The largest absolute Gasteiger partial charge is 0.352 e. The first-order valence-electron chi connectivity index (χ1n) is 12.5. The van der Waals surface area contributed by atoms with Gasteiger partial charge in [-0.3, -0.25) is 4.79 Å². The standard InChI is InChI=1S/C26H37N3O5S2/c1-20-11-15-23(16-12-20)35(31,32)27-19-7-6-10-25(26(30)28-22-8-4-3-5-9-22)29-36(33,34)24-17-13-21(2)14-18-24/h11-18,22,25,27,29H,3-10,19H2,1-2H3,(H,28,30). The molecule has 0 heterocycles. The molecule has 198 valence electrons. The average Bonchev–Trinajstić information content (AvgIpc) is 2.84. The van der Waals surface area contributed by atoms with Crippen molar-refractivity contribution in [2.24, 2.45) is 0 Å². The number of rotatable bonds is 12. The molecule has 10 heteroatoms. The normalized spacial score (nSPS) is 15.9. The van der Waals surface area contributed by atoms with Crippen LogP contribution in [0, 0.1) is 13.8 Å². The highest BCUT2D eigenvalue weighted by atomic mass is 32.2. The summed E-state index contributed by atoms with van der Waals surface area (Å²) in [5.41, 5.74) is 1.91. The molecule has 1 saturated carbocycles. The molecule has 36 heavy (non-hydrogen) atoms. The van der Waals surface area contributed by atoms with Gasteiger partial charge in [0, 0.05) is 12.6 Å². The number of hydrogen-bond acceptors (Lipinski definition) is 5. The van der Waals surface area contributed by atoms with Crippen molar-refractivity contribution in [2.45, 2.75) is 87.1 Å². The second-order valence-corrected chi connectivity index (χ2v) is 13.0. The average molecular weight is 536 g/mol. The molecule has 0 saturated heterocycles. The van der Waals surface area contributed by atoms with Crippen molar-refractivity contribution in [3.8, 4) is 0 Å². The number of hydrogen-bond donors (Lipinski definition) is 3. The first-order valence-corrected chi connectivity index (χ1v) is 15.5. The van der Waals surface area contributed by atoms with Crippen molar-refractivity contribution in [1.82, 2.24) is 14.8 Å². The summed E-state index contributed by atoms with van der Waals surface area (Å²) >= 11 is 0. The van der Waals surface area contributed by atoms with E-state index in [4.69, 9.17) is 0 Å². The summed E-state index contributed by atoms with van der Waals surface area (Å²) in [6.07, 6.45) is 6.22. The lowest BCUT2D eigenvalue weighted by atomic mass is 9.95. The molecular weight excluding hydrogens is 498 g/mol. The Balaban J connectivity index is 1.60. The van der Waals surface area contributed by atoms with Crippen LogP contribution in [0.15, 0.2) is 58.3 Å². The van der Waals surface area contributed by atoms with Crippen molar-refractivity contribution < 1.29 is 21.6 Å². The molecule has 2 aromatic rings. The molecule has 1 amide bonds. The van der Waals surface area contributed by atoms with Crippen LogP contribution in [0.3, 0.4) is 0 Å². The molecule has 1 atom stereocenters. The fraction of sp³-hybridized carbons (Fsp3) is 0.500. The molecule has 2 aromatic carbocycles. The van der Waals surface area contributed by atoms with E-state index in [2.05, 4.69) is 14.8 Å². The summed E-state index contributed by atoms with van der Waals surface area (Å²) in [6, 6.07) is 12.2. The molecule has 8 nitrogen and oxygen atoms in total. The second kappa shape index (κ2) is 12.8. The Kier molecular flexibility index (Phi) is 10.1. The maximum atomic E-state index is 13.1. The highest BCUT2D eigenvalue weighted by Gasteiger charge is 2.27. The zero-order chi connectivity index (χ0) is 26.2. The Morgan fingerprint density at radius 1 is 0.806 bits per heavy atom. The van der Waals surface area contributed by atoms with Gasteiger partial charge in [-0.05, 0) is 63.8 Å².